The minimum Gasteiger partial charge on any atom is -0.288 e. The molecule has 0 saturated carbocycles. The topological polar surface area (TPSA) is 93.5 Å². The van der Waals surface area contributed by atoms with Gasteiger partial charge >= 0.3 is 5.69 Å². The van der Waals surface area contributed by atoms with Crippen molar-refractivity contribution in [3.63, 3.8) is 0 Å². The normalized spacial score (nSPS) is 11.0. The molecule has 0 amide bonds. The fraction of sp³-hybridized carbons (Fsp3) is 0.312. The molecule has 1 aromatic carbocycles. The van der Waals surface area contributed by atoms with E-state index in [-0.39, 0.29) is 11.2 Å². The van der Waals surface area contributed by atoms with Gasteiger partial charge in [0.05, 0.1) is 0 Å². The smallest absolute Gasteiger partial charge is 0.288 e. The number of fused-ring (bicyclic) bond motifs is 1. The fourth-order valence-electron chi connectivity index (χ4n) is 2.32. The van der Waals surface area contributed by atoms with E-state index in [1.54, 1.807) is 0 Å². The van der Waals surface area contributed by atoms with Gasteiger partial charge in [0.2, 0.25) is 0 Å². The molecular weight excluding hydrogens is 294 g/mol. The van der Waals surface area contributed by atoms with Gasteiger partial charge in [-0.15, -0.1) is 10.2 Å². The second-order valence-corrected chi connectivity index (χ2v) is 5.43. The number of aromatic nitrogens is 5. The van der Waals surface area contributed by atoms with Crippen LogP contribution in [0.1, 0.15) is 25.3 Å². The Morgan fingerprint density at radius 1 is 1.13 bits per heavy atom. The number of nitrogens with one attached hydrogen (secondary N) is 1. The van der Waals surface area contributed by atoms with Gasteiger partial charge in [0.25, 0.3) is 5.56 Å². The van der Waals surface area contributed by atoms with E-state index in [4.69, 9.17) is 0 Å². The maximum absolute atomic E-state index is 12.1. The molecule has 0 bridgehead atoms. The lowest BCUT2D eigenvalue weighted by atomic mass is 10.1. The van der Waals surface area contributed by atoms with Gasteiger partial charge in [-0.2, -0.15) is 0 Å². The summed E-state index contributed by atoms with van der Waals surface area (Å²) in [6.07, 6.45) is 3.34. The minimum absolute atomic E-state index is 0.0985. The molecule has 0 spiro atoms. The molecule has 118 valence electrons. The van der Waals surface area contributed by atoms with Crippen LogP contribution in [0.2, 0.25) is 0 Å². The third-order valence-electron chi connectivity index (χ3n) is 3.76. The van der Waals surface area contributed by atoms with Gasteiger partial charge in [-0.3, -0.25) is 14.3 Å². The maximum atomic E-state index is 12.1. The highest BCUT2D eigenvalue weighted by atomic mass is 16.2. The molecule has 0 aliphatic heterocycles. The van der Waals surface area contributed by atoms with E-state index >= 15 is 0 Å². The second kappa shape index (κ2) is 6.12. The van der Waals surface area contributed by atoms with Crippen LogP contribution >= 0.6 is 0 Å². The highest BCUT2D eigenvalue weighted by Crippen LogP contribution is 2.16. The number of aromatic amines is 1. The lowest BCUT2D eigenvalue weighted by molar-refractivity contribution is 0.781. The van der Waals surface area contributed by atoms with Crippen LogP contribution in [-0.2, 0) is 13.5 Å². The standard InChI is InChI=1S/C16H17N5O2/c1-3-4-5-10-6-8-11(9-7-10)13-17-12-14(20-19-13)18-16(23)21(2)15(12)22/h6-9H,3-5H2,1-2H3,(H,18,20,23). The summed E-state index contributed by atoms with van der Waals surface area (Å²) in [7, 11) is 1.39. The van der Waals surface area contributed by atoms with Crippen LogP contribution in [0.4, 0.5) is 0 Å². The summed E-state index contributed by atoms with van der Waals surface area (Å²) in [4.78, 5) is 30.4. The number of hydrogen-bond acceptors (Lipinski definition) is 5. The molecule has 0 atom stereocenters. The Hall–Kier alpha value is -2.83. The van der Waals surface area contributed by atoms with Crippen molar-refractivity contribution in [1.29, 1.82) is 0 Å². The zero-order chi connectivity index (χ0) is 16.4. The third kappa shape index (κ3) is 2.90. The number of nitrogens with zero attached hydrogens (tertiary/aromatic N) is 4. The maximum Gasteiger partial charge on any atom is 0.329 e. The first-order chi connectivity index (χ1) is 11.1. The van der Waals surface area contributed by atoms with Crippen molar-refractivity contribution in [3.05, 3.63) is 50.7 Å². The molecule has 0 aliphatic carbocycles. The van der Waals surface area contributed by atoms with Crippen LogP contribution in [-0.4, -0.2) is 24.7 Å². The number of benzene rings is 1. The first kappa shape index (κ1) is 15.1. The summed E-state index contributed by atoms with van der Waals surface area (Å²) in [5.74, 6) is 0.365. The van der Waals surface area contributed by atoms with Crippen LogP contribution in [0.25, 0.3) is 22.6 Å². The molecule has 1 N–H and O–H groups in total. The molecule has 0 unspecified atom stereocenters. The van der Waals surface area contributed by atoms with Crippen LogP contribution in [0, 0.1) is 0 Å². The molecule has 2 aromatic heterocycles. The van der Waals surface area contributed by atoms with Crippen molar-refractivity contribution in [2.24, 2.45) is 7.05 Å². The Kier molecular flexibility index (Phi) is 4.01. The predicted molar refractivity (Wildman–Crippen MR) is 87.2 cm³/mol. The van der Waals surface area contributed by atoms with Crippen molar-refractivity contribution in [2.75, 3.05) is 0 Å². The van der Waals surface area contributed by atoms with Gasteiger partial charge in [0.15, 0.2) is 17.0 Å². The molecule has 0 radical (unpaired) electrons. The summed E-state index contributed by atoms with van der Waals surface area (Å²) in [6, 6.07) is 7.90. The van der Waals surface area contributed by atoms with Crippen LogP contribution in [0.3, 0.4) is 0 Å². The van der Waals surface area contributed by atoms with Gasteiger partial charge in [-0.1, -0.05) is 37.6 Å². The van der Waals surface area contributed by atoms with E-state index in [2.05, 4.69) is 27.1 Å². The Bertz CT molecular complexity index is 957. The van der Waals surface area contributed by atoms with E-state index in [1.807, 2.05) is 24.3 Å². The number of unbranched alkanes of at least 4 members (excludes halogenated alkanes) is 1. The second-order valence-electron chi connectivity index (χ2n) is 5.43. The van der Waals surface area contributed by atoms with E-state index in [1.165, 1.54) is 12.6 Å². The van der Waals surface area contributed by atoms with Gasteiger partial charge in [-0.25, -0.2) is 9.78 Å². The average Bonchev–Trinajstić information content (AvgIpc) is 2.58. The summed E-state index contributed by atoms with van der Waals surface area (Å²) in [5, 5.41) is 7.91. The van der Waals surface area contributed by atoms with Crippen molar-refractivity contribution in [2.45, 2.75) is 26.2 Å². The minimum atomic E-state index is -0.536. The molecule has 0 fully saturated rings. The average molecular weight is 311 g/mol. The molecule has 7 nitrogen and oxygen atoms in total. The quantitative estimate of drug-likeness (QED) is 0.786. The number of aryl methyl sites for hydroxylation is 1. The summed E-state index contributed by atoms with van der Waals surface area (Å²) in [5.41, 5.74) is 1.22. The first-order valence-electron chi connectivity index (χ1n) is 7.53. The number of rotatable bonds is 4. The Balaban J connectivity index is 2.03. The highest BCUT2D eigenvalue weighted by molar-refractivity contribution is 5.70. The Morgan fingerprint density at radius 3 is 2.57 bits per heavy atom. The van der Waals surface area contributed by atoms with E-state index in [0.717, 1.165) is 29.4 Å². The van der Waals surface area contributed by atoms with Crippen LogP contribution < -0.4 is 11.2 Å². The predicted octanol–water partition coefficient (Wildman–Crippen LogP) is 1.42. The largest absolute Gasteiger partial charge is 0.329 e. The zero-order valence-electron chi connectivity index (χ0n) is 13.0. The van der Waals surface area contributed by atoms with E-state index in [0.29, 0.717) is 5.82 Å². The lowest BCUT2D eigenvalue weighted by Crippen LogP contribution is -2.33. The molecule has 7 heteroatoms. The zero-order valence-corrected chi connectivity index (χ0v) is 13.0. The van der Waals surface area contributed by atoms with Crippen molar-refractivity contribution >= 4 is 11.2 Å². The molecule has 3 aromatic rings. The van der Waals surface area contributed by atoms with E-state index in [9.17, 15) is 9.59 Å². The Morgan fingerprint density at radius 2 is 1.87 bits per heavy atom. The lowest BCUT2D eigenvalue weighted by Gasteiger charge is -2.04. The summed E-state index contributed by atoms with van der Waals surface area (Å²) < 4.78 is 0.967. The molecule has 0 aliphatic rings. The fourth-order valence-corrected chi connectivity index (χ4v) is 2.32. The van der Waals surface area contributed by atoms with Crippen molar-refractivity contribution < 1.29 is 0 Å². The number of H-pyrrole nitrogens is 1. The molecule has 2 heterocycles. The SMILES string of the molecule is CCCCc1ccc(-c2nnc3[nH]c(=O)n(C)c(=O)c3n2)cc1. The van der Waals surface area contributed by atoms with Crippen molar-refractivity contribution in [3.8, 4) is 11.4 Å². The van der Waals surface area contributed by atoms with Crippen molar-refractivity contribution in [1.82, 2.24) is 24.7 Å². The molecule has 23 heavy (non-hydrogen) atoms. The van der Waals surface area contributed by atoms with Gasteiger partial charge in [0, 0.05) is 12.6 Å². The van der Waals surface area contributed by atoms with Crippen LogP contribution in [0.5, 0.6) is 0 Å². The first-order valence-corrected chi connectivity index (χ1v) is 7.53. The van der Waals surface area contributed by atoms with Gasteiger partial charge < -0.3 is 0 Å². The number of hydrogen-bond donors (Lipinski definition) is 1. The Labute approximate surface area is 132 Å². The third-order valence-corrected chi connectivity index (χ3v) is 3.76. The van der Waals surface area contributed by atoms with Gasteiger partial charge in [-0.05, 0) is 18.4 Å². The summed E-state index contributed by atoms with van der Waals surface area (Å²) in [6.45, 7) is 2.16. The molecule has 0 saturated heterocycles. The van der Waals surface area contributed by atoms with E-state index < -0.39 is 11.2 Å². The molecular formula is C16H17N5O2. The van der Waals surface area contributed by atoms with Crippen LogP contribution in [0.15, 0.2) is 33.9 Å². The molecule has 3 rings (SSSR count). The monoisotopic (exact) mass is 311 g/mol. The highest BCUT2D eigenvalue weighted by Gasteiger charge is 2.10. The van der Waals surface area contributed by atoms with Gasteiger partial charge in [0.1, 0.15) is 0 Å². The summed E-state index contributed by atoms with van der Waals surface area (Å²) >= 11 is 0.